The van der Waals surface area contributed by atoms with Crippen LogP contribution in [0.3, 0.4) is 0 Å². The Kier molecular flexibility index (Phi) is 4.76. The van der Waals surface area contributed by atoms with Gasteiger partial charge < -0.3 is 10.8 Å². The van der Waals surface area contributed by atoms with Crippen LogP contribution >= 0.6 is 11.6 Å². The summed E-state index contributed by atoms with van der Waals surface area (Å²) in [4.78, 5) is -0.0414. The Morgan fingerprint density at radius 2 is 2.18 bits per heavy atom. The van der Waals surface area contributed by atoms with Gasteiger partial charge in [0.15, 0.2) is 0 Å². The lowest BCUT2D eigenvalue weighted by molar-refractivity contribution is 0.254. The van der Waals surface area contributed by atoms with Crippen LogP contribution in [0.25, 0.3) is 0 Å². The van der Waals surface area contributed by atoms with Crippen molar-refractivity contribution in [3.63, 3.8) is 0 Å². The number of nitrogens with one attached hydrogen (secondary N) is 1. The Morgan fingerprint density at radius 3 is 2.65 bits per heavy atom. The number of hydrogen-bond donors (Lipinski definition) is 3. The number of hydrogen-bond acceptors (Lipinski definition) is 4. The zero-order valence-electron chi connectivity index (χ0n) is 9.35. The maximum atomic E-state index is 11.9. The van der Waals surface area contributed by atoms with Gasteiger partial charge in [0.2, 0.25) is 10.0 Å². The molecule has 0 aliphatic carbocycles. The second kappa shape index (κ2) is 5.68. The van der Waals surface area contributed by atoms with Crippen LogP contribution < -0.4 is 10.5 Å². The number of benzene rings is 1. The summed E-state index contributed by atoms with van der Waals surface area (Å²) in [6, 6.07) is 3.65. The third kappa shape index (κ3) is 3.57. The van der Waals surface area contributed by atoms with Crippen molar-refractivity contribution >= 4 is 27.3 Å². The number of nitrogen functional groups attached to an aromatic ring is 1. The summed E-state index contributed by atoms with van der Waals surface area (Å²) in [5.41, 5.74) is 5.88. The summed E-state index contributed by atoms with van der Waals surface area (Å²) in [6.07, 6.45) is 0.488. The van der Waals surface area contributed by atoms with E-state index in [1.165, 1.54) is 18.2 Å². The molecule has 1 aromatic rings. The minimum Gasteiger partial charge on any atom is -0.399 e. The lowest BCUT2D eigenvalue weighted by Crippen LogP contribution is -2.37. The summed E-state index contributed by atoms with van der Waals surface area (Å²) in [5, 5.41) is 9.03. The zero-order chi connectivity index (χ0) is 13.1. The second-order valence-electron chi connectivity index (χ2n) is 3.60. The monoisotopic (exact) mass is 278 g/mol. The quantitative estimate of drug-likeness (QED) is 0.700. The summed E-state index contributed by atoms with van der Waals surface area (Å²) in [6.45, 7) is 1.51. The van der Waals surface area contributed by atoms with Crippen molar-refractivity contribution in [3.8, 4) is 0 Å². The lowest BCUT2D eigenvalue weighted by atomic mass is 10.3. The highest BCUT2D eigenvalue weighted by atomic mass is 35.5. The fourth-order valence-electron chi connectivity index (χ4n) is 1.27. The van der Waals surface area contributed by atoms with E-state index in [0.29, 0.717) is 12.1 Å². The number of nitrogens with two attached hydrogens (primary N) is 1. The molecule has 0 spiro atoms. The first kappa shape index (κ1) is 14.2. The summed E-state index contributed by atoms with van der Waals surface area (Å²) in [7, 11) is -3.73. The number of aliphatic hydroxyl groups is 1. The maximum Gasteiger partial charge on any atom is 0.242 e. The highest BCUT2D eigenvalue weighted by molar-refractivity contribution is 7.89. The minimum absolute atomic E-state index is 0.0414. The minimum atomic E-state index is -3.73. The topological polar surface area (TPSA) is 92.4 Å². The average Bonchev–Trinajstić information content (AvgIpc) is 2.25. The second-order valence-corrected chi connectivity index (χ2v) is 5.69. The van der Waals surface area contributed by atoms with Gasteiger partial charge in [-0.25, -0.2) is 13.1 Å². The molecular formula is C10H15ClN2O3S. The number of aliphatic hydroxyl groups excluding tert-OH is 1. The smallest absolute Gasteiger partial charge is 0.242 e. The molecule has 96 valence electrons. The largest absolute Gasteiger partial charge is 0.399 e. The standard InChI is InChI=1S/C10H15ClN2O3S/c1-2-8(6-14)13-17(15,16)10-4-3-7(12)5-9(10)11/h3-5,8,13-14H,2,6,12H2,1H3. The first-order valence-electron chi connectivity index (χ1n) is 5.09. The van der Waals surface area contributed by atoms with Gasteiger partial charge in [-0.3, -0.25) is 0 Å². The molecule has 0 amide bonds. The van der Waals surface area contributed by atoms with Crippen molar-refractivity contribution in [2.75, 3.05) is 12.3 Å². The molecule has 0 aliphatic heterocycles. The van der Waals surface area contributed by atoms with E-state index in [1.54, 1.807) is 6.92 Å². The normalized spacial score (nSPS) is 13.6. The van der Waals surface area contributed by atoms with Crippen LogP contribution in [0, 0.1) is 0 Å². The van der Waals surface area contributed by atoms with E-state index in [9.17, 15) is 8.42 Å². The van der Waals surface area contributed by atoms with Gasteiger partial charge >= 0.3 is 0 Å². The molecule has 5 nitrogen and oxygen atoms in total. The van der Waals surface area contributed by atoms with Gasteiger partial charge in [-0.1, -0.05) is 18.5 Å². The molecule has 7 heteroatoms. The van der Waals surface area contributed by atoms with Gasteiger partial charge in [-0.05, 0) is 24.6 Å². The van der Waals surface area contributed by atoms with Crippen molar-refractivity contribution in [1.29, 1.82) is 0 Å². The predicted molar refractivity (Wildman–Crippen MR) is 67.4 cm³/mol. The highest BCUT2D eigenvalue weighted by Crippen LogP contribution is 2.23. The molecule has 1 aromatic carbocycles. The van der Waals surface area contributed by atoms with Crippen LogP contribution in [-0.4, -0.2) is 26.2 Å². The van der Waals surface area contributed by atoms with E-state index in [4.69, 9.17) is 22.4 Å². The van der Waals surface area contributed by atoms with Crippen molar-refractivity contribution in [2.24, 2.45) is 0 Å². The highest BCUT2D eigenvalue weighted by Gasteiger charge is 2.21. The summed E-state index contributed by atoms with van der Waals surface area (Å²) in [5.74, 6) is 0. The number of anilines is 1. The average molecular weight is 279 g/mol. The molecule has 0 bridgehead atoms. The fourth-order valence-corrected chi connectivity index (χ4v) is 3.13. The first-order valence-corrected chi connectivity index (χ1v) is 6.95. The van der Waals surface area contributed by atoms with Gasteiger partial charge in [0.1, 0.15) is 4.90 Å². The maximum absolute atomic E-state index is 11.9. The Balaban J connectivity index is 3.05. The molecule has 1 atom stereocenters. The molecule has 0 heterocycles. The van der Waals surface area contributed by atoms with Crippen LogP contribution in [0.5, 0.6) is 0 Å². The van der Waals surface area contributed by atoms with Crippen molar-refractivity contribution in [1.82, 2.24) is 4.72 Å². The molecule has 4 N–H and O–H groups in total. The molecule has 0 saturated heterocycles. The Labute approximate surface area is 106 Å². The van der Waals surface area contributed by atoms with E-state index >= 15 is 0 Å². The SMILES string of the molecule is CCC(CO)NS(=O)(=O)c1ccc(N)cc1Cl. The van der Waals surface area contributed by atoms with Gasteiger partial charge in [0.25, 0.3) is 0 Å². The summed E-state index contributed by atoms with van der Waals surface area (Å²) >= 11 is 5.82. The van der Waals surface area contributed by atoms with Gasteiger partial charge in [0, 0.05) is 11.7 Å². The Morgan fingerprint density at radius 1 is 1.53 bits per heavy atom. The van der Waals surface area contributed by atoms with E-state index in [2.05, 4.69) is 4.72 Å². The molecule has 0 aromatic heterocycles. The van der Waals surface area contributed by atoms with Gasteiger partial charge in [-0.2, -0.15) is 0 Å². The van der Waals surface area contributed by atoms with Crippen molar-refractivity contribution in [2.45, 2.75) is 24.3 Å². The molecule has 0 radical (unpaired) electrons. The zero-order valence-corrected chi connectivity index (χ0v) is 10.9. The lowest BCUT2D eigenvalue weighted by Gasteiger charge is -2.15. The van der Waals surface area contributed by atoms with E-state index < -0.39 is 16.1 Å². The molecular weight excluding hydrogens is 264 g/mol. The number of halogens is 1. The van der Waals surface area contributed by atoms with Gasteiger partial charge in [-0.15, -0.1) is 0 Å². The van der Waals surface area contributed by atoms with E-state index in [0.717, 1.165) is 0 Å². The Hall–Kier alpha value is -0.820. The summed E-state index contributed by atoms with van der Waals surface area (Å²) < 4.78 is 26.3. The molecule has 1 unspecified atom stereocenters. The van der Waals surface area contributed by atoms with Crippen LogP contribution in [0.2, 0.25) is 5.02 Å². The van der Waals surface area contributed by atoms with E-state index in [1.807, 2.05) is 0 Å². The van der Waals surface area contributed by atoms with Crippen LogP contribution in [0.15, 0.2) is 23.1 Å². The van der Waals surface area contributed by atoms with Crippen LogP contribution in [0.1, 0.15) is 13.3 Å². The van der Waals surface area contributed by atoms with Crippen molar-refractivity contribution < 1.29 is 13.5 Å². The van der Waals surface area contributed by atoms with Gasteiger partial charge in [0.05, 0.1) is 11.6 Å². The Bertz CT molecular complexity index is 486. The third-order valence-electron chi connectivity index (χ3n) is 2.28. The molecule has 1 rings (SSSR count). The first-order chi connectivity index (χ1) is 7.90. The molecule has 17 heavy (non-hydrogen) atoms. The number of sulfonamides is 1. The predicted octanol–water partition coefficient (Wildman–Crippen LogP) is 0.971. The number of rotatable bonds is 5. The molecule has 0 saturated carbocycles. The van der Waals surface area contributed by atoms with Crippen LogP contribution in [0.4, 0.5) is 5.69 Å². The molecule has 0 fully saturated rings. The fraction of sp³-hybridized carbons (Fsp3) is 0.400. The molecule has 0 aliphatic rings. The van der Waals surface area contributed by atoms with Crippen molar-refractivity contribution in [3.05, 3.63) is 23.2 Å². The van der Waals surface area contributed by atoms with Crippen LogP contribution in [-0.2, 0) is 10.0 Å². The van der Waals surface area contributed by atoms with E-state index in [-0.39, 0.29) is 16.5 Å². The third-order valence-corrected chi connectivity index (χ3v) is 4.28.